The molecule has 19 heavy (non-hydrogen) atoms. The molecule has 1 N–H and O–H groups in total. The van der Waals surface area contributed by atoms with Crippen molar-refractivity contribution in [3.05, 3.63) is 17.5 Å². The lowest BCUT2D eigenvalue weighted by molar-refractivity contribution is -0.144. The van der Waals surface area contributed by atoms with E-state index in [1.807, 2.05) is 31.8 Å². The summed E-state index contributed by atoms with van der Waals surface area (Å²) in [6.45, 7) is 4.06. The maximum Gasteiger partial charge on any atom is 0.323 e. The summed E-state index contributed by atoms with van der Waals surface area (Å²) < 4.78 is 6.82. The van der Waals surface area contributed by atoms with Gasteiger partial charge < -0.3 is 4.74 Å². The molecule has 5 heteroatoms. The lowest BCUT2D eigenvalue weighted by atomic mass is 9.91. The lowest BCUT2D eigenvalue weighted by Gasteiger charge is -2.29. The van der Waals surface area contributed by atoms with Crippen molar-refractivity contribution in [2.45, 2.75) is 45.2 Å². The summed E-state index contributed by atoms with van der Waals surface area (Å²) in [7, 11) is 3.41. The lowest BCUT2D eigenvalue weighted by Crippen LogP contribution is -2.44. The highest BCUT2D eigenvalue weighted by atomic mass is 16.5. The Morgan fingerprint density at radius 3 is 2.95 bits per heavy atom. The zero-order chi connectivity index (χ0) is 14.0. The van der Waals surface area contributed by atoms with Crippen LogP contribution in [0.15, 0.2) is 6.20 Å². The molecule has 1 aliphatic rings. The van der Waals surface area contributed by atoms with Crippen LogP contribution < -0.4 is 5.32 Å². The maximum absolute atomic E-state index is 11.8. The van der Waals surface area contributed by atoms with Crippen LogP contribution in [0.25, 0.3) is 0 Å². The highest BCUT2D eigenvalue weighted by Gasteiger charge is 2.30. The molecule has 0 saturated carbocycles. The van der Waals surface area contributed by atoms with Crippen molar-refractivity contribution < 1.29 is 9.53 Å². The normalized spacial score (nSPS) is 20.2. The van der Waals surface area contributed by atoms with E-state index < -0.39 is 0 Å². The third-order valence-electron chi connectivity index (χ3n) is 3.88. The Hall–Kier alpha value is -1.36. The second-order valence-corrected chi connectivity index (χ2v) is 5.53. The predicted octanol–water partition coefficient (Wildman–Crippen LogP) is 1.58. The summed E-state index contributed by atoms with van der Waals surface area (Å²) >= 11 is 0. The van der Waals surface area contributed by atoms with Crippen LogP contribution in [0.3, 0.4) is 0 Å². The summed E-state index contributed by atoms with van der Waals surface area (Å²) in [6, 6.07) is -0.0647. The molecule has 1 aromatic heterocycles. The fourth-order valence-corrected chi connectivity index (χ4v) is 2.76. The number of rotatable bonds is 4. The monoisotopic (exact) mass is 265 g/mol. The fraction of sp³-hybridized carbons (Fsp3) is 0.714. The minimum atomic E-state index is -0.263. The molecule has 0 saturated heterocycles. The standard InChI is InChI=1S/C14H23N3O2/c1-9(2)13(14(18)19-4)16-11-6-5-7-12-10(11)8-15-17(12)3/h8-9,11,13,16H,5-7H2,1-4H3. The molecular formula is C14H23N3O2. The number of aromatic nitrogens is 2. The Balaban J connectivity index is 2.17. The smallest absolute Gasteiger partial charge is 0.323 e. The number of methoxy groups -OCH3 is 1. The van der Waals surface area contributed by atoms with Gasteiger partial charge in [0, 0.05) is 24.3 Å². The van der Waals surface area contributed by atoms with Gasteiger partial charge in [0.05, 0.1) is 13.3 Å². The van der Waals surface area contributed by atoms with Gasteiger partial charge in [0.2, 0.25) is 0 Å². The molecule has 0 radical (unpaired) electrons. The number of ether oxygens (including phenoxy) is 1. The van der Waals surface area contributed by atoms with Crippen LogP contribution in [0, 0.1) is 5.92 Å². The Kier molecular flexibility index (Phi) is 4.24. The summed E-state index contributed by atoms with van der Waals surface area (Å²) in [5.74, 6) is 0.0144. The molecule has 2 atom stereocenters. The van der Waals surface area contributed by atoms with Crippen LogP contribution >= 0.6 is 0 Å². The number of hydrogen-bond acceptors (Lipinski definition) is 4. The van der Waals surface area contributed by atoms with E-state index in [0.29, 0.717) is 0 Å². The van der Waals surface area contributed by atoms with E-state index in [4.69, 9.17) is 4.74 Å². The van der Waals surface area contributed by atoms with Gasteiger partial charge in [-0.15, -0.1) is 0 Å². The van der Waals surface area contributed by atoms with Crippen molar-refractivity contribution in [3.63, 3.8) is 0 Å². The molecule has 2 unspecified atom stereocenters. The number of fused-ring (bicyclic) bond motifs is 1. The first-order chi connectivity index (χ1) is 9.04. The number of carbonyl (C=O) groups excluding carboxylic acids is 1. The molecule has 5 nitrogen and oxygen atoms in total. The number of nitrogens with zero attached hydrogens (tertiary/aromatic N) is 2. The van der Waals surface area contributed by atoms with Gasteiger partial charge in [0.1, 0.15) is 6.04 Å². The quantitative estimate of drug-likeness (QED) is 0.840. The summed E-state index contributed by atoms with van der Waals surface area (Å²) in [5.41, 5.74) is 2.50. The van der Waals surface area contributed by atoms with Crippen molar-refractivity contribution in [1.82, 2.24) is 15.1 Å². The van der Waals surface area contributed by atoms with Crippen molar-refractivity contribution in [2.75, 3.05) is 7.11 Å². The van der Waals surface area contributed by atoms with Crippen molar-refractivity contribution in [2.24, 2.45) is 13.0 Å². The van der Waals surface area contributed by atoms with Crippen molar-refractivity contribution in [1.29, 1.82) is 0 Å². The van der Waals surface area contributed by atoms with E-state index in [1.165, 1.54) is 18.4 Å². The number of esters is 1. The van der Waals surface area contributed by atoms with Gasteiger partial charge >= 0.3 is 5.97 Å². The molecule has 106 valence electrons. The van der Waals surface area contributed by atoms with Gasteiger partial charge in [-0.1, -0.05) is 13.8 Å². The molecule has 0 aliphatic heterocycles. The van der Waals surface area contributed by atoms with Crippen LogP contribution in [0.1, 0.15) is 44.0 Å². The summed E-state index contributed by atoms with van der Waals surface area (Å²) in [4.78, 5) is 11.8. The molecule has 0 fully saturated rings. The Morgan fingerprint density at radius 2 is 2.32 bits per heavy atom. The Labute approximate surface area is 114 Å². The maximum atomic E-state index is 11.8. The van der Waals surface area contributed by atoms with Gasteiger partial charge in [-0.05, 0) is 25.2 Å². The number of carbonyl (C=O) groups is 1. The van der Waals surface area contributed by atoms with Crippen molar-refractivity contribution in [3.8, 4) is 0 Å². The Morgan fingerprint density at radius 1 is 1.58 bits per heavy atom. The third kappa shape index (κ3) is 2.81. The SMILES string of the molecule is COC(=O)C(NC1CCCc2c1cnn2C)C(C)C. The molecular weight excluding hydrogens is 242 g/mol. The molecule has 1 aliphatic carbocycles. The molecule has 2 rings (SSSR count). The fourth-order valence-electron chi connectivity index (χ4n) is 2.76. The van der Waals surface area contributed by atoms with Crippen LogP contribution in [0.5, 0.6) is 0 Å². The first-order valence-corrected chi connectivity index (χ1v) is 6.89. The molecule has 1 heterocycles. The second kappa shape index (κ2) is 5.74. The van der Waals surface area contributed by atoms with E-state index in [0.717, 1.165) is 19.3 Å². The van der Waals surface area contributed by atoms with Crippen LogP contribution in [0.4, 0.5) is 0 Å². The molecule has 0 amide bonds. The summed E-state index contributed by atoms with van der Waals surface area (Å²) in [5, 5.41) is 7.77. The van der Waals surface area contributed by atoms with Gasteiger partial charge in [-0.25, -0.2) is 0 Å². The second-order valence-electron chi connectivity index (χ2n) is 5.53. The third-order valence-corrected chi connectivity index (χ3v) is 3.88. The number of hydrogen-bond donors (Lipinski definition) is 1. The largest absolute Gasteiger partial charge is 0.468 e. The van der Waals surface area contributed by atoms with Crippen LogP contribution in [-0.2, 0) is 23.0 Å². The first-order valence-electron chi connectivity index (χ1n) is 6.89. The van der Waals surface area contributed by atoms with Crippen LogP contribution in [0.2, 0.25) is 0 Å². The van der Waals surface area contributed by atoms with E-state index in [1.54, 1.807) is 0 Å². The van der Waals surface area contributed by atoms with Crippen LogP contribution in [-0.4, -0.2) is 28.9 Å². The van der Waals surface area contributed by atoms with E-state index in [9.17, 15) is 4.79 Å². The highest BCUT2D eigenvalue weighted by molar-refractivity contribution is 5.76. The van der Waals surface area contributed by atoms with Gasteiger partial charge in [0.25, 0.3) is 0 Å². The number of aryl methyl sites for hydroxylation is 1. The van der Waals surface area contributed by atoms with E-state index in [2.05, 4.69) is 10.4 Å². The molecule has 1 aromatic rings. The predicted molar refractivity (Wildman–Crippen MR) is 72.7 cm³/mol. The minimum absolute atomic E-state index is 0.189. The molecule has 0 bridgehead atoms. The molecule has 0 spiro atoms. The average molecular weight is 265 g/mol. The zero-order valence-electron chi connectivity index (χ0n) is 12.1. The number of nitrogens with one attached hydrogen (secondary N) is 1. The first kappa shape index (κ1) is 14.1. The highest BCUT2D eigenvalue weighted by Crippen LogP contribution is 2.30. The van der Waals surface area contributed by atoms with Gasteiger partial charge in [-0.3, -0.25) is 14.8 Å². The topological polar surface area (TPSA) is 56.1 Å². The van der Waals surface area contributed by atoms with Gasteiger partial charge in [0.15, 0.2) is 0 Å². The molecule has 0 aromatic carbocycles. The van der Waals surface area contributed by atoms with Gasteiger partial charge in [-0.2, -0.15) is 5.10 Å². The zero-order valence-corrected chi connectivity index (χ0v) is 12.1. The van der Waals surface area contributed by atoms with E-state index >= 15 is 0 Å². The van der Waals surface area contributed by atoms with Crippen molar-refractivity contribution >= 4 is 5.97 Å². The summed E-state index contributed by atoms with van der Waals surface area (Å²) in [6.07, 6.45) is 5.14. The minimum Gasteiger partial charge on any atom is -0.468 e. The van der Waals surface area contributed by atoms with E-state index in [-0.39, 0.29) is 24.0 Å². The Bertz CT molecular complexity index is 454. The average Bonchev–Trinajstić information content (AvgIpc) is 2.77.